The Balaban J connectivity index is 2.04. The van der Waals surface area contributed by atoms with E-state index in [1.54, 1.807) is 0 Å². The van der Waals surface area contributed by atoms with E-state index >= 15 is 0 Å². The van der Waals surface area contributed by atoms with Gasteiger partial charge in [0.2, 0.25) is 0 Å². The molecule has 1 fully saturated rings. The van der Waals surface area contributed by atoms with E-state index in [0.717, 1.165) is 6.07 Å². The summed E-state index contributed by atoms with van der Waals surface area (Å²) < 4.78 is 31.4. The predicted octanol–water partition coefficient (Wildman–Crippen LogP) is 1.47. The largest absolute Gasteiger partial charge is 0.468 e. The molecule has 90 valence electrons. The second-order valence-electron chi connectivity index (χ2n) is 4.53. The van der Waals surface area contributed by atoms with E-state index in [9.17, 15) is 13.6 Å². The molecule has 3 rings (SSSR count). The van der Waals surface area contributed by atoms with Crippen molar-refractivity contribution < 1.29 is 18.3 Å². The minimum absolute atomic E-state index is 0.177. The molecule has 5 heteroatoms. The Labute approximate surface area is 96.8 Å². The van der Waals surface area contributed by atoms with Gasteiger partial charge in [0.1, 0.15) is 17.2 Å². The van der Waals surface area contributed by atoms with Crippen molar-refractivity contribution in [1.82, 2.24) is 5.32 Å². The van der Waals surface area contributed by atoms with Crippen LogP contribution in [0, 0.1) is 11.6 Å². The second-order valence-corrected chi connectivity index (χ2v) is 4.53. The van der Waals surface area contributed by atoms with E-state index in [4.69, 9.17) is 4.74 Å². The molecule has 1 aromatic carbocycles. The third kappa shape index (κ3) is 1.32. The normalized spacial score (nSPS) is 29.2. The van der Waals surface area contributed by atoms with E-state index in [2.05, 4.69) is 5.32 Å². The molecule has 0 saturated heterocycles. The molecule has 2 aliphatic rings. The van der Waals surface area contributed by atoms with Gasteiger partial charge < -0.3 is 4.74 Å². The van der Waals surface area contributed by atoms with Crippen molar-refractivity contribution in [2.45, 2.75) is 24.4 Å². The molecule has 0 radical (unpaired) electrons. The topological polar surface area (TPSA) is 38.3 Å². The van der Waals surface area contributed by atoms with Crippen molar-refractivity contribution in [3.63, 3.8) is 0 Å². The fraction of sp³-hybridized carbons (Fsp3) is 0.417. The number of hydrogen-bond acceptors (Lipinski definition) is 3. The molecule has 1 saturated carbocycles. The first-order valence-electron chi connectivity index (χ1n) is 5.40. The second kappa shape index (κ2) is 3.26. The van der Waals surface area contributed by atoms with Crippen molar-refractivity contribution in [2.24, 2.45) is 0 Å². The van der Waals surface area contributed by atoms with Gasteiger partial charge in [-0.3, -0.25) is 10.1 Å². The minimum Gasteiger partial charge on any atom is -0.468 e. The highest BCUT2D eigenvalue weighted by molar-refractivity contribution is 5.87. The summed E-state index contributed by atoms with van der Waals surface area (Å²) in [5, 5.41) is 3.00. The van der Waals surface area contributed by atoms with Gasteiger partial charge in [0.05, 0.1) is 7.11 Å². The molecule has 0 unspecified atom stereocenters. The number of halogens is 2. The molecule has 3 nitrogen and oxygen atoms in total. The molecule has 0 aromatic heterocycles. The van der Waals surface area contributed by atoms with Crippen LogP contribution >= 0.6 is 0 Å². The van der Waals surface area contributed by atoms with E-state index in [1.807, 2.05) is 0 Å². The molecule has 1 aliphatic heterocycles. The van der Waals surface area contributed by atoms with Crippen LogP contribution < -0.4 is 5.32 Å². The summed E-state index contributed by atoms with van der Waals surface area (Å²) in [6, 6.07) is 2.18. The van der Waals surface area contributed by atoms with Gasteiger partial charge in [0.15, 0.2) is 0 Å². The molecule has 1 aromatic rings. The minimum atomic E-state index is -0.762. The highest BCUT2D eigenvalue weighted by atomic mass is 19.1. The van der Waals surface area contributed by atoms with Gasteiger partial charge in [0, 0.05) is 24.1 Å². The lowest BCUT2D eigenvalue weighted by Crippen LogP contribution is -2.44. The van der Waals surface area contributed by atoms with Crippen molar-refractivity contribution in [1.29, 1.82) is 0 Å². The van der Waals surface area contributed by atoms with Gasteiger partial charge in [-0.2, -0.15) is 0 Å². The maximum atomic E-state index is 13.5. The van der Waals surface area contributed by atoms with Crippen molar-refractivity contribution in [3.8, 4) is 0 Å². The van der Waals surface area contributed by atoms with Crippen LogP contribution in [-0.2, 0) is 16.1 Å². The fourth-order valence-corrected chi connectivity index (χ4v) is 2.68. The Morgan fingerprint density at radius 3 is 3.00 bits per heavy atom. The van der Waals surface area contributed by atoms with Crippen molar-refractivity contribution >= 4 is 5.97 Å². The van der Waals surface area contributed by atoms with Gasteiger partial charge >= 0.3 is 5.97 Å². The summed E-state index contributed by atoms with van der Waals surface area (Å²) in [5.74, 6) is -1.70. The summed E-state index contributed by atoms with van der Waals surface area (Å²) in [5.41, 5.74) is 0.280. The van der Waals surface area contributed by atoms with Gasteiger partial charge in [-0.25, -0.2) is 8.78 Å². The summed E-state index contributed by atoms with van der Waals surface area (Å²) in [7, 11) is 1.32. The lowest BCUT2D eigenvalue weighted by atomic mass is 9.95. The third-order valence-electron chi connectivity index (χ3n) is 3.66. The van der Waals surface area contributed by atoms with Crippen LogP contribution in [-0.4, -0.2) is 18.6 Å². The summed E-state index contributed by atoms with van der Waals surface area (Å²) in [6.45, 7) is 0.229. The third-order valence-corrected chi connectivity index (χ3v) is 3.66. The number of fused-ring (bicyclic) bond motifs is 3. The Hall–Kier alpha value is -1.49. The zero-order chi connectivity index (χ0) is 12.2. The standard InChI is InChI=1S/C12H11F2NO2/c1-17-11(16)12-4-9(12)7-2-6(13)3-10(14)8(7)5-15-12/h2-3,9,15H,4-5H2,1H3/t9-,12+/m0/s1. The number of hydrogen-bond donors (Lipinski definition) is 1. The van der Waals surface area contributed by atoms with Crippen molar-refractivity contribution in [3.05, 3.63) is 34.9 Å². The molecule has 0 spiro atoms. The zero-order valence-electron chi connectivity index (χ0n) is 9.22. The maximum absolute atomic E-state index is 13.5. The van der Waals surface area contributed by atoms with Crippen LogP contribution in [0.3, 0.4) is 0 Å². The lowest BCUT2D eigenvalue weighted by molar-refractivity contribution is -0.144. The number of ether oxygens (including phenoxy) is 1. The Bertz CT molecular complexity index is 517. The van der Waals surface area contributed by atoms with E-state index in [-0.39, 0.29) is 18.4 Å². The maximum Gasteiger partial charge on any atom is 0.326 e. The zero-order valence-corrected chi connectivity index (χ0v) is 9.22. The lowest BCUT2D eigenvalue weighted by Gasteiger charge is -2.24. The smallest absolute Gasteiger partial charge is 0.326 e. The monoisotopic (exact) mass is 239 g/mol. The van der Waals surface area contributed by atoms with Gasteiger partial charge in [-0.15, -0.1) is 0 Å². The summed E-state index contributed by atoms with van der Waals surface area (Å²) in [6.07, 6.45) is 0.537. The van der Waals surface area contributed by atoms with Gasteiger partial charge in [-0.1, -0.05) is 0 Å². The number of nitrogens with one attached hydrogen (secondary N) is 1. The molecule has 0 bridgehead atoms. The van der Waals surface area contributed by atoms with Crippen LogP contribution in [0.15, 0.2) is 12.1 Å². The number of esters is 1. The fourth-order valence-electron chi connectivity index (χ4n) is 2.68. The highest BCUT2D eigenvalue weighted by Gasteiger charge is 2.64. The SMILES string of the molecule is COC(=O)[C@@]12C[C@H]1c1cc(F)cc(F)c1CN2. The first-order chi connectivity index (χ1) is 8.08. The molecule has 0 amide bonds. The van der Waals surface area contributed by atoms with Crippen molar-refractivity contribution in [2.75, 3.05) is 7.11 Å². The highest BCUT2D eigenvalue weighted by Crippen LogP contribution is 2.55. The Kier molecular flexibility index (Phi) is 2.04. The number of benzene rings is 1. The molecule has 1 N–H and O–H groups in total. The number of methoxy groups -OCH3 is 1. The number of carbonyl (C=O) groups is 1. The van der Waals surface area contributed by atoms with Crippen LogP contribution in [0.1, 0.15) is 23.5 Å². The van der Waals surface area contributed by atoms with Crippen LogP contribution in [0.4, 0.5) is 8.78 Å². The summed E-state index contributed by atoms with van der Waals surface area (Å²) >= 11 is 0. The van der Waals surface area contributed by atoms with Crippen LogP contribution in [0.25, 0.3) is 0 Å². The molecule has 1 heterocycles. The number of rotatable bonds is 1. The Morgan fingerprint density at radius 1 is 1.53 bits per heavy atom. The molecular formula is C12H11F2NO2. The average Bonchev–Trinajstić information content (AvgIpc) is 3.04. The Morgan fingerprint density at radius 2 is 2.29 bits per heavy atom. The average molecular weight is 239 g/mol. The van der Waals surface area contributed by atoms with E-state index in [1.165, 1.54) is 13.2 Å². The first kappa shape index (κ1) is 10.7. The van der Waals surface area contributed by atoms with Gasteiger partial charge in [-0.05, 0) is 18.1 Å². The van der Waals surface area contributed by atoms with E-state index in [0.29, 0.717) is 17.5 Å². The summed E-state index contributed by atoms with van der Waals surface area (Å²) in [4.78, 5) is 11.6. The van der Waals surface area contributed by atoms with Crippen LogP contribution in [0.2, 0.25) is 0 Å². The molecule has 1 aliphatic carbocycles. The predicted molar refractivity (Wildman–Crippen MR) is 55.3 cm³/mol. The van der Waals surface area contributed by atoms with E-state index < -0.39 is 17.2 Å². The van der Waals surface area contributed by atoms with Gasteiger partial charge in [0.25, 0.3) is 0 Å². The quantitative estimate of drug-likeness (QED) is 0.754. The molecular weight excluding hydrogens is 228 g/mol. The molecule has 2 atom stereocenters. The van der Waals surface area contributed by atoms with Crippen LogP contribution in [0.5, 0.6) is 0 Å². The first-order valence-corrected chi connectivity index (χ1v) is 5.40. The number of carbonyl (C=O) groups excluding carboxylic acids is 1. The molecule has 17 heavy (non-hydrogen) atoms.